The van der Waals surface area contributed by atoms with Crippen LogP contribution in [-0.4, -0.2) is 18.4 Å². The van der Waals surface area contributed by atoms with Gasteiger partial charge in [0.1, 0.15) is 0 Å². The lowest BCUT2D eigenvalue weighted by molar-refractivity contribution is 0.173. The number of para-hydroxylation sites is 1. The van der Waals surface area contributed by atoms with Crippen molar-refractivity contribution in [3.63, 3.8) is 0 Å². The van der Waals surface area contributed by atoms with Crippen molar-refractivity contribution in [2.24, 2.45) is 0 Å². The van der Waals surface area contributed by atoms with Crippen molar-refractivity contribution in [2.75, 3.05) is 18.7 Å². The van der Waals surface area contributed by atoms with Gasteiger partial charge in [-0.15, -0.1) is 0 Å². The number of ether oxygens (including phenoxy) is 3. The lowest BCUT2D eigenvalue weighted by atomic mass is 10.2. The number of nitrogens with zero attached hydrogens (tertiary/aromatic N) is 1. The van der Waals surface area contributed by atoms with Crippen LogP contribution in [0.4, 0.5) is 5.69 Å². The maximum absolute atomic E-state index is 5.47. The first-order valence-corrected chi connectivity index (χ1v) is 6.57. The molecule has 5 heteroatoms. The number of hydrogen-bond acceptors (Lipinski definition) is 5. The van der Waals surface area contributed by atoms with E-state index in [1.54, 1.807) is 6.20 Å². The summed E-state index contributed by atoms with van der Waals surface area (Å²) in [6.07, 6.45) is 1.76. The highest BCUT2D eigenvalue weighted by Gasteiger charge is 2.16. The summed E-state index contributed by atoms with van der Waals surface area (Å²) in [6, 6.07) is 9.67. The SMILES string of the molecule is CCOc1ccc(NCc2cccc3c2OCO3)cn1. The van der Waals surface area contributed by atoms with Crippen molar-refractivity contribution in [3.05, 3.63) is 42.1 Å². The van der Waals surface area contributed by atoms with E-state index in [0.29, 0.717) is 19.0 Å². The Morgan fingerprint density at radius 2 is 2.20 bits per heavy atom. The predicted molar refractivity (Wildman–Crippen MR) is 75.3 cm³/mol. The fourth-order valence-electron chi connectivity index (χ4n) is 2.05. The van der Waals surface area contributed by atoms with Gasteiger partial charge in [-0.05, 0) is 19.1 Å². The van der Waals surface area contributed by atoms with Crippen LogP contribution >= 0.6 is 0 Å². The molecule has 0 amide bonds. The number of rotatable bonds is 5. The van der Waals surface area contributed by atoms with Gasteiger partial charge in [0.25, 0.3) is 0 Å². The van der Waals surface area contributed by atoms with Gasteiger partial charge in [0.2, 0.25) is 12.7 Å². The lowest BCUT2D eigenvalue weighted by Crippen LogP contribution is -2.02. The summed E-state index contributed by atoms with van der Waals surface area (Å²) in [5, 5.41) is 3.31. The van der Waals surface area contributed by atoms with Gasteiger partial charge in [-0.3, -0.25) is 0 Å². The van der Waals surface area contributed by atoms with E-state index in [9.17, 15) is 0 Å². The molecular formula is C15H16N2O3. The van der Waals surface area contributed by atoms with Gasteiger partial charge in [-0.1, -0.05) is 12.1 Å². The summed E-state index contributed by atoms with van der Waals surface area (Å²) in [7, 11) is 0. The Hall–Kier alpha value is -2.43. The maximum Gasteiger partial charge on any atom is 0.231 e. The molecule has 3 rings (SSSR count). The van der Waals surface area contributed by atoms with Crippen LogP contribution in [0.15, 0.2) is 36.5 Å². The van der Waals surface area contributed by atoms with Crippen LogP contribution < -0.4 is 19.5 Å². The summed E-state index contributed by atoms with van der Waals surface area (Å²) < 4.78 is 16.1. The summed E-state index contributed by atoms with van der Waals surface area (Å²) in [5.74, 6) is 2.25. The smallest absolute Gasteiger partial charge is 0.231 e. The summed E-state index contributed by atoms with van der Waals surface area (Å²) in [6.45, 7) is 3.50. The van der Waals surface area contributed by atoms with Crippen LogP contribution in [-0.2, 0) is 6.54 Å². The molecule has 1 aliphatic rings. The number of fused-ring (bicyclic) bond motifs is 1. The van der Waals surface area contributed by atoms with E-state index >= 15 is 0 Å². The van der Waals surface area contributed by atoms with E-state index in [2.05, 4.69) is 10.3 Å². The van der Waals surface area contributed by atoms with Gasteiger partial charge in [-0.2, -0.15) is 0 Å². The van der Waals surface area contributed by atoms with Crippen molar-refractivity contribution in [1.29, 1.82) is 0 Å². The van der Waals surface area contributed by atoms with Gasteiger partial charge < -0.3 is 19.5 Å². The zero-order valence-corrected chi connectivity index (χ0v) is 11.3. The van der Waals surface area contributed by atoms with E-state index in [4.69, 9.17) is 14.2 Å². The molecule has 1 aliphatic heterocycles. The van der Waals surface area contributed by atoms with Crippen LogP contribution in [0.1, 0.15) is 12.5 Å². The summed E-state index contributed by atoms with van der Waals surface area (Å²) >= 11 is 0. The van der Waals surface area contributed by atoms with Crippen LogP contribution in [0.5, 0.6) is 17.4 Å². The highest BCUT2D eigenvalue weighted by atomic mass is 16.7. The van der Waals surface area contributed by atoms with Crippen LogP contribution in [0.25, 0.3) is 0 Å². The molecule has 1 N–H and O–H groups in total. The van der Waals surface area contributed by atoms with Gasteiger partial charge >= 0.3 is 0 Å². The van der Waals surface area contributed by atoms with Crippen molar-refractivity contribution in [2.45, 2.75) is 13.5 Å². The molecule has 2 heterocycles. The molecule has 1 aromatic heterocycles. The molecule has 0 bridgehead atoms. The molecule has 0 atom stereocenters. The fraction of sp³-hybridized carbons (Fsp3) is 0.267. The Kier molecular flexibility index (Phi) is 3.58. The summed E-state index contributed by atoms with van der Waals surface area (Å²) in [5.41, 5.74) is 2.00. The molecule has 0 fully saturated rings. The van der Waals surface area contributed by atoms with Gasteiger partial charge in [0, 0.05) is 18.2 Å². The monoisotopic (exact) mass is 272 g/mol. The first kappa shape index (κ1) is 12.6. The second-order valence-electron chi connectivity index (χ2n) is 4.32. The minimum atomic E-state index is 0.289. The highest BCUT2D eigenvalue weighted by Crippen LogP contribution is 2.35. The standard InChI is InChI=1S/C15H16N2O3/c1-2-18-14-7-6-12(9-17-14)16-8-11-4-3-5-13-15(11)20-10-19-13/h3-7,9,16H,2,8,10H2,1H3. The van der Waals surface area contributed by atoms with Crippen LogP contribution in [0.2, 0.25) is 0 Å². The molecule has 2 aromatic rings. The first-order chi connectivity index (χ1) is 9.86. The summed E-state index contributed by atoms with van der Waals surface area (Å²) in [4.78, 5) is 4.21. The molecule has 104 valence electrons. The van der Waals surface area contributed by atoms with Crippen LogP contribution in [0.3, 0.4) is 0 Å². The van der Waals surface area contributed by atoms with E-state index in [0.717, 1.165) is 22.7 Å². The third-order valence-corrected chi connectivity index (χ3v) is 2.99. The Morgan fingerprint density at radius 1 is 1.25 bits per heavy atom. The zero-order valence-electron chi connectivity index (χ0n) is 11.3. The quantitative estimate of drug-likeness (QED) is 0.907. The second-order valence-corrected chi connectivity index (χ2v) is 4.32. The maximum atomic E-state index is 5.47. The Balaban J connectivity index is 1.66. The number of hydrogen-bond donors (Lipinski definition) is 1. The van der Waals surface area contributed by atoms with Gasteiger partial charge in [0.15, 0.2) is 11.5 Å². The van der Waals surface area contributed by atoms with E-state index < -0.39 is 0 Å². The Morgan fingerprint density at radius 3 is 3.00 bits per heavy atom. The number of pyridine rings is 1. The minimum Gasteiger partial charge on any atom is -0.478 e. The molecule has 1 aromatic carbocycles. The molecule has 0 saturated carbocycles. The predicted octanol–water partition coefficient (Wildman–Crippen LogP) is 2.82. The number of nitrogens with one attached hydrogen (secondary N) is 1. The molecule has 0 radical (unpaired) electrons. The van der Waals surface area contributed by atoms with E-state index in [1.165, 1.54) is 0 Å². The first-order valence-electron chi connectivity index (χ1n) is 6.57. The molecular weight excluding hydrogens is 256 g/mol. The number of anilines is 1. The molecule has 20 heavy (non-hydrogen) atoms. The molecule has 0 unspecified atom stereocenters. The average Bonchev–Trinajstić information content (AvgIpc) is 2.96. The largest absolute Gasteiger partial charge is 0.478 e. The van der Waals surface area contributed by atoms with Gasteiger partial charge in [0.05, 0.1) is 18.5 Å². The third-order valence-electron chi connectivity index (χ3n) is 2.99. The van der Waals surface area contributed by atoms with E-state index in [-0.39, 0.29) is 6.79 Å². The van der Waals surface area contributed by atoms with Crippen molar-refractivity contribution >= 4 is 5.69 Å². The molecule has 0 aliphatic carbocycles. The Labute approximate surface area is 117 Å². The van der Waals surface area contributed by atoms with Crippen molar-refractivity contribution < 1.29 is 14.2 Å². The van der Waals surface area contributed by atoms with Crippen LogP contribution in [0, 0.1) is 0 Å². The lowest BCUT2D eigenvalue weighted by Gasteiger charge is -2.09. The average molecular weight is 272 g/mol. The minimum absolute atomic E-state index is 0.289. The van der Waals surface area contributed by atoms with Gasteiger partial charge in [-0.25, -0.2) is 4.98 Å². The number of benzene rings is 1. The number of aromatic nitrogens is 1. The highest BCUT2D eigenvalue weighted by molar-refractivity contribution is 5.50. The molecule has 5 nitrogen and oxygen atoms in total. The van der Waals surface area contributed by atoms with Crippen molar-refractivity contribution in [1.82, 2.24) is 4.98 Å². The topological polar surface area (TPSA) is 52.6 Å². The second kappa shape index (κ2) is 5.69. The molecule has 0 spiro atoms. The fourth-order valence-corrected chi connectivity index (χ4v) is 2.05. The van der Waals surface area contributed by atoms with E-state index in [1.807, 2.05) is 37.3 Å². The Bertz CT molecular complexity index is 584. The normalized spacial score (nSPS) is 12.2. The van der Waals surface area contributed by atoms with Crippen molar-refractivity contribution in [3.8, 4) is 17.4 Å². The zero-order chi connectivity index (χ0) is 13.8. The third kappa shape index (κ3) is 2.61. The molecule has 0 saturated heterocycles.